The second kappa shape index (κ2) is 16.6. The van der Waals surface area contributed by atoms with E-state index < -0.39 is 0 Å². The zero-order valence-corrected chi connectivity index (χ0v) is 16.2. The maximum atomic E-state index is 2.40. The Labute approximate surface area is 141 Å². The Bertz CT molecular complexity index is 190. The molecule has 2 heteroatoms. The van der Waals surface area contributed by atoms with Gasteiger partial charge in [-0.1, -0.05) is 71.1 Å². The molecule has 0 amide bonds. The summed E-state index contributed by atoms with van der Waals surface area (Å²) in [6.07, 6.45) is 17.4. The molecule has 0 rings (SSSR count). The smallest absolute Gasteiger partial charge is 0.0784 e. The number of quaternary nitrogens is 1. The van der Waals surface area contributed by atoms with Crippen molar-refractivity contribution in [1.82, 2.24) is 0 Å². The zero-order valence-electron chi connectivity index (χ0n) is 15.4. The van der Waals surface area contributed by atoms with Crippen LogP contribution in [0.25, 0.3) is 0 Å². The summed E-state index contributed by atoms with van der Waals surface area (Å²) in [5.74, 6) is 0. The van der Waals surface area contributed by atoms with E-state index in [0.717, 1.165) is 0 Å². The van der Waals surface area contributed by atoms with E-state index >= 15 is 0 Å². The van der Waals surface area contributed by atoms with Crippen molar-refractivity contribution >= 4 is 0 Å². The molecule has 0 heterocycles. The second-order valence-electron chi connectivity index (χ2n) is 6.86. The largest absolute Gasteiger partial charge is 1.00 e. The molecule has 0 N–H and O–H groups in total. The molecule has 0 radical (unpaired) electrons. The van der Waals surface area contributed by atoms with E-state index in [-0.39, 0.29) is 12.4 Å². The van der Waals surface area contributed by atoms with Crippen LogP contribution in [-0.2, 0) is 0 Å². The Morgan fingerprint density at radius 3 is 1.19 bits per heavy atom. The first-order chi connectivity index (χ1) is 9.68. The van der Waals surface area contributed by atoms with Gasteiger partial charge in [-0.2, -0.15) is 0 Å². The molecule has 0 spiro atoms. The van der Waals surface area contributed by atoms with Crippen LogP contribution in [0.5, 0.6) is 0 Å². The van der Waals surface area contributed by atoms with Crippen molar-refractivity contribution in [3.8, 4) is 0 Å². The number of hydrogen-bond donors (Lipinski definition) is 0. The van der Waals surface area contributed by atoms with Crippen molar-refractivity contribution in [1.29, 1.82) is 0 Å². The van der Waals surface area contributed by atoms with Gasteiger partial charge in [0.2, 0.25) is 0 Å². The highest BCUT2D eigenvalue weighted by molar-refractivity contribution is 4.48. The van der Waals surface area contributed by atoms with Gasteiger partial charge in [-0.05, 0) is 26.7 Å². The lowest BCUT2D eigenvalue weighted by Gasteiger charge is -2.32. The Morgan fingerprint density at radius 1 is 0.524 bits per heavy atom. The quantitative estimate of drug-likeness (QED) is 0.321. The molecule has 21 heavy (non-hydrogen) atoms. The van der Waals surface area contributed by atoms with Crippen molar-refractivity contribution in [3.05, 3.63) is 0 Å². The summed E-state index contributed by atoms with van der Waals surface area (Å²) in [6.45, 7) is 10.9. The van der Waals surface area contributed by atoms with Crippen LogP contribution in [0.15, 0.2) is 0 Å². The number of hydrogen-bond acceptors (Lipinski definition) is 0. The van der Waals surface area contributed by atoms with Crippen LogP contribution >= 0.6 is 0 Å². The number of halogens is 1. The van der Waals surface area contributed by atoms with Crippen LogP contribution in [0.3, 0.4) is 0 Å². The van der Waals surface area contributed by atoms with Gasteiger partial charge in [0.1, 0.15) is 0 Å². The molecule has 0 aromatic rings. The van der Waals surface area contributed by atoms with E-state index in [1.54, 1.807) is 0 Å². The maximum absolute atomic E-state index is 2.40. The molecule has 0 aliphatic carbocycles. The summed E-state index contributed by atoms with van der Waals surface area (Å²) < 4.78 is 1.26. The number of rotatable bonds is 15. The fourth-order valence-corrected chi connectivity index (χ4v) is 2.87. The van der Waals surface area contributed by atoms with Gasteiger partial charge in [-0.15, -0.1) is 0 Å². The SMILES string of the molecule is CCCCCCCCCCCCCC[N+](C)(CC)CC.[Cl-]. The number of unbranched alkanes of at least 4 members (excludes halogenated alkanes) is 11. The van der Waals surface area contributed by atoms with E-state index in [1.807, 2.05) is 0 Å². The minimum atomic E-state index is 0. The molecule has 130 valence electrons. The highest BCUT2D eigenvalue weighted by Gasteiger charge is 2.14. The summed E-state index contributed by atoms with van der Waals surface area (Å²) in [5.41, 5.74) is 0. The van der Waals surface area contributed by atoms with E-state index in [2.05, 4.69) is 27.8 Å². The minimum Gasteiger partial charge on any atom is -1.00 e. The summed E-state index contributed by atoms with van der Waals surface area (Å²) in [5, 5.41) is 0. The van der Waals surface area contributed by atoms with Gasteiger partial charge in [0, 0.05) is 0 Å². The van der Waals surface area contributed by atoms with E-state index in [4.69, 9.17) is 0 Å². The molecule has 0 atom stereocenters. The predicted octanol–water partition coefficient (Wildman–Crippen LogP) is 3.18. The Hall–Kier alpha value is 0.250. The summed E-state index contributed by atoms with van der Waals surface area (Å²) in [4.78, 5) is 0. The molecular weight excluding hydrogens is 278 g/mol. The van der Waals surface area contributed by atoms with E-state index in [9.17, 15) is 0 Å². The molecule has 0 saturated heterocycles. The first-order valence-corrected chi connectivity index (χ1v) is 9.52. The zero-order chi connectivity index (χ0) is 15.1. The highest BCUT2D eigenvalue weighted by atomic mass is 35.5. The normalized spacial score (nSPS) is 11.4. The van der Waals surface area contributed by atoms with Crippen molar-refractivity contribution in [3.63, 3.8) is 0 Å². The first kappa shape index (κ1) is 23.5. The van der Waals surface area contributed by atoms with E-state index in [1.165, 1.54) is 101 Å². The molecule has 0 fully saturated rings. The fraction of sp³-hybridized carbons (Fsp3) is 1.00. The molecule has 0 bridgehead atoms. The molecule has 0 unspecified atom stereocenters. The van der Waals surface area contributed by atoms with Crippen LogP contribution in [0.1, 0.15) is 97.8 Å². The van der Waals surface area contributed by atoms with Gasteiger partial charge in [-0.3, -0.25) is 0 Å². The topological polar surface area (TPSA) is 0 Å². The Kier molecular flexibility index (Phi) is 18.6. The summed E-state index contributed by atoms with van der Waals surface area (Å²) in [6, 6.07) is 0. The molecule has 0 aliphatic rings. The average molecular weight is 320 g/mol. The van der Waals surface area contributed by atoms with Crippen LogP contribution in [0, 0.1) is 0 Å². The van der Waals surface area contributed by atoms with Crippen LogP contribution in [-0.4, -0.2) is 31.2 Å². The first-order valence-electron chi connectivity index (χ1n) is 9.52. The molecular formula is C19H42ClN. The molecule has 0 aliphatic heterocycles. The van der Waals surface area contributed by atoms with Crippen molar-refractivity contribution in [2.75, 3.05) is 26.7 Å². The van der Waals surface area contributed by atoms with E-state index in [0.29, 0.717) is 0 Å². The van der Waals surface area contributed by atoms with Gasteiger partial charge in [0.15, 0.2) is 0 Å². The molecule has 0 aromatic heterocycles. The lowest BCUT2D eigenvalue weighted by atomic mass is 10.1. The number of nitrogens with zero attached hydrogens (tertiary/aromatic N) is 1. The third kappa shape index (κ3) is 14.9. The lowest BCUT2D eigenvalue weighted by molar-refractivity contribution is -0.906. The Balaban J connectivity index is 0. The highest BCUT2D eigenvalue weighted by Crippen LogP contribution is 2.13. The predicted molar refractivity (Wildman–Crippen MR) is 93.2 cm³/mol. The van der Waals surface area contributed by atoms with Gasteiger partial charge in [0.05, 0.1) is 26.7 Å². The second-order valence-corrected chi connectivity index (χ2v) is 6.86. The minimum absolute atomic E-state index is 0. The molecule has 0 saturated carbocycles. The fourth-order valence-electron chi connectivity index (χ4n) is 2.87. The van der Waals surface area contributed by atoms with Crippen molar-refractivity contribution in [2.45, 2.75) is 97.8 Å². The standard InChI is InChI=1S/C19H42N.ClH/c1-5-8-9-10-11-12-13-14-15-16-17-18-19-20(4,6-2)7-3;/h5-19H2,1-4H3;1H/q+1;/p-1. The summed E-state index contributed by atoms with van der Waals surface area (Å²) >= 11 is 0. The van der Waals surface area contributed by atoms with Gasteiger partial charge in [0.25, 0.3) is 0 Å². The Morgan fingerprint density at radius 2 is 0.857 bits per heavy atom. The third-order valence-electron chi connectivity index (χ3n) is 5.08. The molecule has 1 nitrogen and oxygen atoms in total. The van der Waals surface area contributed by atoms with Gasteiger partial charge >= 0.3 is 0 Å². The van der Waals surface area contributed by atoms with Crippen LogP contribution in [0.4, 0.5) is 0 Å². The summed E-state index contributed by atoms with van der Waals surface area (Å²) in [7, 11) is 2.40. The third-order valence-corrected chi connectivity index (χ3v) is 5.08. The average Bonchev–Trinajstić information content (AvgIpc) is 2.48. The van der Waals surface area contributed by atoms with Crippen LogP contribution < -0.4 is 12.4 Å². The van der Waals surface area contributed by atoms with Crippen molar-refractivity contribution < 1.29 is 16.9 Å². The maximum Gasteiger partial charge on any atom is 0.0784 e. The van der Waals surface area contributed by atoms with Gasteiger partial charge in [-0.25, -0.2) is 0 Å². The monoisotopic (exact) mass is 319 g/mol. The van der Waals surface area contributed by atoms with Crippen LogP contribution in [0.2, 0.25) is 0 Å². The molecule has 0 aromatic carbocycles. The van der Waals surface area contributed by atoms with Gasteiger partial charge < -0.3 is 16.9 Å². The lowest BCUT2D eigenvalue weighted by Crippen LogP contribution is -3.00. The van der Waals surface area contributed by atoms with Crippen molar-refractivity contribution in [2.24, 2.45) is 0 Å².